The lowest BCUT2D eigenvalue weighted by atomic mass is 9.78. The van der Waals surface area contributed by atoms with Crippen LogP contribution in [0.15, 0.2) is 24.3 Å². The summed E-state index contributed by atoms with van der Waals surface area (Å²) in [7, 11) is 0. The number of rotatable bonds is 4. The molecule has 1 aromatic rings. The molecule has 0 amide bonds. The van der Waals surface area contributed by atoms with Crippen molar-refractivity contribution in [3.8, 4) is 0 Å². The third kappa shape index (κ3) is 1.99. The number of nitrogens with two attached hydrogens (primary N) is 1. The standard InChI is InChI=1S/C16H21NO/c17-11-16(8-9-16)15(18)10-13-6-3-5-12-4-1-2-7-14(12)13/h1-2,4,7,13H,3,5-6,8-11,17H2. The van der Waals surface area contributed by atoms with Gasteiger partial charge in [0.1, 0.15) is 5.78 Å². The van der Waals surface area contributed by atoms with Gasteiger partial charge in [0, 0.05) is 18.4 Å². The van der Waals surface area contributed by atoms with Crippen molar-refractivity contribution >= 4 is 5.78 Å². The van der Waals surface area contributed by atoms with E-state index in [1.165, 1.54) is 24.0 Å². The number of fused-ring (bicyclic) bond motifs is 1. The second kappa shape index (κ2) is 4.51. The molecule has 2 aliphatic rings. The molecule has 3 rings (SSSR count). The lowest BCUT2D eigenvalue weighted by Crippen LogP contribution is -2.27. The van der Waals surface area contributed by atoms with Gasteiger partial charge in [-0.1, -0.05) is 24.3 Å². The molecule has 0 aliphatic heterocycles. The van der Waals surface area contributed by atoms with Crippen LogP contribution < -0.4 is 5.73 Å². The van der Waals surface area contributed by atoms with E-state index >= 15 is 0 Å². The molecule has 1 fully saturated rings. The largest absolute Gasteiger partial charge is 0.329 e. The van der Waals surface area contributed by atoms with Crippen LogP contribution in [0.3, 0.4) is 0 Å². The predicted molar refractivity (Wildman–Crippen MR) is 72.5 cm³/mol. The Balaban J connectivity index is 1.77. The first-order valence-corrected chi connectivity index (χ1v) is 7.06. The molecule has 0 aromatic heterocycles. The number of benzene rings is 1. The number of ketones is 1. The van der Waals surface area contributed by atoms with Gasteiger partial charge >= 0.3 is 0 Å². The zero-order chi connectivity index (χ0) is 12.6. The summed E-state index contributed by atoms with van der Waals surface area (Å²) in [5.74, 6) is 0.846. The van der Waals surface area contributed by atoms with E-state index in [4.69, 9.17) is 5.73 Å². The van der Waals surface area contributed by atoms with Gasteiger partial charge in [-0.3, -0.25) is 4.79 Å². The van der Waals surface area contributed by atoms with Crippen LogP contribution in [0.2, 0.25) is 0 Å². The van der Waals surface area contributed by atoms with E-state index in [0.29, 0.717) is 24.7 Å². The van der Waals surface area contributed by atoms with Crippen LogP contribution in [0, 0.1) is 5.41 Å². The number of carbonyl (C=O) groups excluding carboxylic acids is 1. The molecule has 2 N–H and O–H groups in total. The maximum absolute atomic E-state index is 12.4. The normalized spacial score (nSPS) is 24.4. The van der Waals surface area contributed by atoms with Crippen LogP contribution in [0.25, 0.3) is 0 Å². The van der Waals surface area contributed by atoms with Crippen LogP contribution in [-0.4, -0.2) is 12.3 Å². The fraction of sp³-hybridized carbons (Fsp3) is 0.562. The molecule has 0 saturated heterocycles. The lowest BCUT2D eigenvalue weighted by Gasteiger charge is -2.26. The smallest absolute Gasteiger partial charge is 0.140 e. The van der Waals surface area contributed by atoms with Gasteiger partial charge in [-0.05, 0) is 49.1 Å². The first kappa shape index (κ1) is 11.9. The number of aryl methyl sites for hydroxylation is 1. The third-order valence-electron chi connectivity index (χ3n) is 4.76. The predicted octanol–water partition coefficient (Wildman–Crippen LogP) is 2.80. The number of Topliss-reactive ketones (excluding diaryl/α,β-unsaturated/α-hetero) is 1. The van der Waals surface area contributed by atoms with E-state index in [-0.39, 0.29) is 5.41 Å². The van der Waals surface area contributed by atoms with Gasteiger partial charge in [0.05, 0.1) is 0 Å². The van der Waals surface area contributed by atoms with Gasteiger partial charge in [0.25, 0.3) is 0 Å². The average molecular weight is 243 g/mol. The van der Waals surface area contributed by atoms with E-state index in [0.717, 1.165) is 19.3 Å². The van der Waals surface area contributed by atoms with Crippen molar-refractivity contribution in [3.05, 3.63) is 35.4 Å². The molecular weight excluding hydrogens is 222 g/mol. The van der Waals surface area contributed by atoms with Crippen LogP contribution >= 0.6 is 0 Å². The maximum Gasteiger partial charge on any atom is 0.140 e. The molecule has 0 radical (unpaired) electrons. The number of hydrogen-bond donors (Lipinski definition) is 1. The Kier molecular flexibility index (Phi) is 2.98. The maximum atomic E-state index is 12.4. The van der Waals surface area contributed by atoms with Gasteiger partial charge in [0.15, 0.2) is 0 Å². The fourth-order valence-corrected chi connectivity index (χ4v) is 3.25. The molecule has 18 heavy (non-hydrogen) atoms. The van der Waals surface area contributed by atoms with E-state index in [1.54, 1.807) is 0 Å². The number of hydrogen-bond acceptors (Lipinski definition) is 2. The SMILES string of the molecule is NCC1(C(=O)CC2CCCc3ccccc32)CC1. The Morgan fingerprint density at radius 1 is 1.33 bits per heavy atom. The minimum atomic E-state index is -0.133. The summed E-state index contributed by atoms with van der Waals surface area (Å²) in [6.07, 6.45) is 6.26. The summed E-state index contributed by atoms with van der Waals surface area (Å²) in [5, 5.41) is 0. The zero-order valence-corrected chi connectivity index (χ0v) is 10.8. The summed E-state index contributed by atoms with van der Waals surface area (Å²) in [6.45, 7) is 0.542. The molecule has 1 unspecified atom stereocenters. The number of carbonyl (C=O) groups is 1. The van der Waals surface area contributed by atoms with Crippen molar-refractivity contribution < 1.29 is 4.79 Å². The highest BCUT2D eigenvalue weighted by Gasteiger charge is 2.48. The third-order valence-corrected chi connectivity index (χ3v) is 4.76. The quantitative estimate of drug-likeness (QED) is 0.883. The molecule has 1 aromatic carbocycles. The fourth-order valence-electron chi connectivity index (χ4n) is 3.25. The Labute approximate surface area is 109 Å². The lowest BCUT2D eigenvalue weighted by molar-refractivity contribution is -0.124. The van der Waals surface area contributed by atoms with Crippen molar-refractivity contribution in [3.63, 3.8) is 0 Å². The Bertz CT molecular complexity index is 462. The van der Waals surface area contributed by atoms with Crippen molar-refractivity contribution in [1.82, 2.24) is 0 Å². The van der Waals surface area contributed by atoms with Crippen LogP contribution in [0.5, 0.6) is 0 Å². The van der Waals surface area contributed by atoms with E-state index in [9.17, 15) is 4.79 Å². The van der Waals surface area contributed by atoms with E-state index in [2.05, 4.69) is 24.3 Å². The van der Waals surface area contributed by atoms with Gasteiger partial charge in [-0.15, -0.1) is 0 Å². The van der Waals surface area contributed by atoms with Crippen LogP contribution in [0.4, 0.5) is 0 Å². The van der Waals surface area contributed by atoms with Gasteiger partial charge in [-0.25, -0.2) is 0 Å². The van der Waals surface area contributed by atoms with Gasteiger partial charge in [-0.2, -0.15) is 0 Å². The molecule has 0 spiro atoms. The first-order valence-electron chi connectivity index (χ1n) is 7.06. The topological polar surface area (TPSA) is 43.1 Å². The molecule has 2 aliphatic carbocycles. The monoisotopic (exact) mass is 243 g/mol. The van der Waals surface area contributed by atoms with E-state index < -0.39 is 0 Å². The van der Waals surface area contributed by atoms with E-state index in [1.807, 2.05) is 0 Å². The second-order valence-electron chi connectivity index (χ2n) is 5.90. The van der Waals surface area contributed by atoms with Gasteiger partial charge < -0.3 is 5.73 Å². The highest BCUT2D eigenvalue weighted by molar-refractivity contribution is 5.88. The first-order chi connectivity index (χ1) is 8.75. The summed E-state index contributed by atoms with van der Waals surface area (Å²) in [6, 6.07) is 8.61. The summed E-state index contributed by atoms with van der Waals surface area (Å²) in [5.41, 5.74) is 8.47. The molecule has 96 valence electrons. The molecule has 1 atom stereocenters. The molecule has 0 bridgehead atoms. The summed E-state index contributed by atoms with van der Waals surface area (Å²) >= 11 is 0. The van der Waals surface area contributed by atoms with Crippen molar-refractivity contribution in [2.45, 2.75) is 44.4 Å². The highest BCUT2D eigenvalue weighted by atomic mass is 16.1. The van der Waals surface area contributed by atoms with Crippen molar-refractivity contribution in [2.24, 2.45) is 11.1 Å². The summed E-state index contributed by atoms with van der Waals surface area (Å²) in [4.78, 5) is 12.4. The van der Waals surface area contributed by atoms with Gasteiger partial charge in [0.2, 0.25) is 0 Å². The average Bonchev–Trinajstić information content (AvgIpc) is 3.20. The Hall–Kier alpha value is -1.15. The zero-order valence-electron chi connectivity index (χ0n) is 10.8. The van der Waals surface area contributed by atoms with Crippen LogP contribution in [-0.2, 0) is 11.2 Å². The van der Waals surface area contributed by atoms with Crippen LogP contribution in [0.1, 0.15) is 49.1 Å². The minimum Gasteiger partial charge on any atom is -0.329 e. The molecule has 2 nitrogen and oxygen atoms in total. The van der Waals surface area contributed by atoms with Crippen molar-refractivity contribution in [2.75, 3.05) is 6.54 Å². The second-order valence-corrected chi connectivity index (χ2v) is 5.90. The summed E-state index contributed by atoms with van der Waals surface area (Å²) < 4.78 is 0. The molecule has 0 heterocycles. The highest BCUT2D eigenvalue weighted by Crippen LogP contribution is 2.48. The minimum absolute atomic E-state index is 0.133. The Morgan fingerprint density at radius 3 is 2.83 bits per heavy atom. The molecule has 1 saturated carbocycles. The van der Waals surface area contributed by atoms with Crippen molar-refractivity contribution in [1.29, 1.82) is 0 Å². The Morgan fingerprint density at radius 2 is 2.11 bits per heavy atom. The molecular formula is C16H21NO. The molecule has 2 heteroatoms.